The molecule has 1 fully saturated rings. The molecular formula is C21H27ClF3IN4O. The predicted molar refractivity (Wildman–Crippen MR) is 125 cm³/mol. The molecule has 1 unspecified atom stereocenters. The molecule has 2 heterocycles. The Labute approximate surface area is 199 Å². The number of nitrogens with zero attached hydrogens (tertiary/aromatic N) is 3. The number of alkyl halides is 3. The smallest absolute Gasteiger partial charge is 0.436 e. The first-order valence-electron chi connectivity index (χ1n) is 10.1. The molecule has 1 aliphatic rings. The average molecular weight is 571 g/mol. The van der Waals surface area contributed by atoms with Crippen molar-refractivity contribution in [2.45, 2.75) is 45.5 Å². The highest BCUT2D eigenvalue weighted by Gasteiger charge is 2.38. The van der Waals surface area contributed by atoms with E-state index in [9.17, 15) is 13.2 Å². The van der Waals surface area contributed by atoms with E-state index in [1.54, 1.807) is 14.0 Å². The number of benzene rings is 1. The highest BCUT2D eigenvalue weighted by molar-refractivity contribution is 14.1. The van der Waals surface area contributed by atoms with E-state index in [1.165, 1.54) is 15.9 Å². The minimum absolute atomic E-state index is 0.00487. The number of rotatable bonds is 6. The monoisotopic (exact) mass is 570 g/mol. The van der Waals surface area contributed by atoms with E-state index in [0.717, 1.165) is 35.3 Å². The first-order valence-corrected chi connectivity index (χ1v) is 11.6. The van der Waals surface area contributed by atoms with Crippen LogP contribution in [0.2, 0.25) is 5.02 Å². The number of aromatic nitrogens is 2. The number of nitrogens with one attached hydrogen (secondary N) is 1. The Bertz CT molecular complexity index is 926. The predicted octanol–water partition coefficient (Wildman–Crippen LogP) is 5.29. The maximum absolute atomic E-state index is 13.1. The van der Waals surface area contributed by atoms with E-state index in [1.807, 2.05) is 7.05 Å². The molecule has 1 saturated heterocycles. The molecule has 0 radical (unpaired) electrons. The maximum Gasteiger partial charge on any atom is 0.436 e. The summed E-state index contributed by atoms with van der Waals surface area (Å²) in [5.41, 5.74) is 1.70. The highest BCUT2D eigenvalue weighted by atomic mass is 127. The van der Waals surface area contributed by atoms with Gasteiger partial charge in [-0.3, -0.25) is 4.68 Å². The summed E-state index contributed by atoms with van der Waals surface area (Å²) in [6.07, 6.45) is -2.70. The lowest BCUT2D eigenvalue weighted by atomic mass is 9.89. The van der Waals surface area contributed by atoms with Gasteiger partial charge < -0.3 is 15.0 Å². The Morgan fingerprint density at radius 3 is 2.45 bits per heavy atom. The van der Waals surface area contributed by atoms with Crippen LogP contribution < -0.4 is 15.0 Å². The molecule has 172 valence electrons. The average Bonchev–Trinajstić information content (AvgIpc) is 3.01. The van der Waals surface area contributed by atoms with Gasteiger partial charge in [-0.1, -0.05) is 11.6 Å². The van der Waals surface area contributed by atoms with Gasteiger partial charge in [0.1, 0.15) is 5.75 Å². The molecule has 1 aromatic heterocycles. The van der Waals surface area contributed by atoms with E-state index in [4.69, 9.17) is 16.3 Å². The molecule has 0 amide bonds. The molecule has 0 saturated carbocycles. The third-order valence-corrected chi connectivity index (χ3v) is 7.36. The summed E-state index contributed by atoms with van der Waals surface area (Å²) < 4.78 is 47.4. The van der Waals surface area contributed by atoms with Gasteiger partial charge in [0.25, 0.3) is 0 Å². The quantitative estimate of drug-likeness (QED) is 0.480. The number of methoxy groups -OCH3 is 1. The fourth-order valence-corrected chi connectivity index (χ4v) is 5.31. The van der Waals surface area contributed by atoms with Gasteiger partial charge in [0.2, 0.25) is 0 Å². The second-order valence-electron chi connectivity index (χ2n) is 7.92. The lowest BCUT2D eigenvalue weighted by Gasteiger charge is -2.38. The van der Waals surface area contributed by atoms with Crippen molar-refractivity contribution in [2.24, 2.45) is 5.92 Å². The summed E-state index contributed by atoms with van der Waals surface area (Å²) in [6, 6.07) is 4.21. The molecular weight excluding hydrogens is 544 g/mol. The van der Waals surface area contributed by atoms with Crippen LogP contribution >= 0.6 is 34.2 Å². The van der Waals surface area contributed by atoms with Crippen molar-refractivity contribution in [3.8, 4) is 5.75 Å². The molecule has 31 heavy (non-hydrogen) atoms. The van der Waals surface area contributed by atoms with Crippen molar-refractivity contribution in [2.75, 3.05) is 32.1 Å². The summed E-state index contributed by atoms with van der Waals surface area (Å²) >= 11 is 8.18. The van der Waals surface area contributed by atoms with Crippen molar-refractivity contribution in [1.29, 1.82) is 0 Å². The van der Waals surface area contributed by atoms with E-state index in [-0.39, 0.29) is 11.1 Å². The van der Waals surface area contributed by atoms with Crippen LogP contribution in [-0.2, 0) is 12.7 Å². The Morgan fingerprint density at radius 1 is 1.29 bits per heavy atom. The Balaban J connectivity index is 1.70. The summed E-state index contributed by atoms with van der Waals surface area (Å²) in [7, 11) is 3.52. The number of piperidine rings is 1. The molecule has 1 N–H and O–H groups in total. The third-order valence-electron chi connectivity index (χ3n) is 6.06. The number of ether oxygens (including phenoxy) is 1. The standard InChI is InChI=1S/C21H27ClF3IN4O/c1-12-9-15(26)18(31-4)10-17(12)29-7-5-14(6-8-29)16(27-3)11-30-13(2)19(22)20(28-30)21(23,24)25/h9-10,14,16,27H,5-8,11H2,1-4H3. The third kappa shape index (κ3) is 5.24. The minimum atomic E-state index is -4.56. The van der Waals surface area contributed by atoms with E-state index >= 15 is 0 Å². The van der Waals surface area contributed by atoms with Gasteiger partial charge in [-0.15, -0.1) is 0 Å². The number of anilines is 1. The van der Waals surface area contributed by atoms with Gasteiger partial charge in [0.15, 0.2) is 5.69 Å². The molecule has 0 bridgehead atoms. The van der Waals surface area contributed by atoms with Gasteiger partial charge in [0, 0.05) is 30.9 Å². The van der Waals surface area contributed by atoms with Crippen molar-refractivity contribution >= 4 is 39.9 Å². The topological polar surface area (TPSA) is 42.3 Å². The lowest BCUT2D eigenvalue weighted by molar-refractivity contribution is -0.141. The van der Waals surface area contributed by atoms with Crippen LogP contribution in [0.15, 0.2) is 12.1 Å². The van der Waals surface area contributed by atoms with Crippen LogP contribution in [0.1, 0.15) is 29.8 Å². The summed E-state index contributed by atoms with van der Waals surface area (Å²) in [6.45, 7) is 5.77. The van der Waals surface area contributed by atoms with Crippen LogP contribution in [0, 0.1) is 23.3 Å². The molecule has 10 heteroatoms. The van der Waals surface area contributed by atoms with Gasteiger partial charge in [-0.2, -0.15) is 18.3 Å². The van der Waals surface area contributed by atoms with Crippen LogP contribution in [0.5, 0.6) is 5.75 Å². The first-order chi connectivity index (χ1) is 14.6. The summed E-state index contributed by atoms with van der Waals surface area (Å²) in [4.78, 5) is 2.36. The Morgan fingerprint density at radius 2 is 1.94 bits per heavy atom. The second-order valence-corrected chi connectivity index (χ2v) is 9.46. The van der Waals surface area contributed by atoms with E-state index in [0.29, 0.717) is 18.2 Å². The fraction of sp³-hybridized carbons (Fsp3) is 0.571. The first kappa shape index (κ1) is 24.4. The molecule has 1 atom stereocenters. The van der Waals surface area contributed by atoms with E-state index < -0.39 is 11.9 Å². The van der Waals surface area contributed by atoms with Gasteiger partial charge in [-0.05, 0) is 73.9 Å². The zero-order valence-electron chi connectivity index (χ0n) is 18.0. The number of hydrogen-bond acceptors (Lipinski definition) is 4. The number of halogens is 5. The highest BCUT2D eigenvalue weighted by Crippen LogP contribution is 2.36. The van der Waals surface area contributed by atoms with Crippen molar-refractivity contribution < 1.29 is 17.9 Å². The zero-order valence-corrected chi connectivity index (χ0v) is 20.9. The van der Waals surface area contributed by atoms with Gasteiger partial charge in [-0.25, -0.2) is 0 Å². The molecule has 1 aliphatic heterocycles. The normalized spacial score (nSPS) is 16.6. The van der Waals surface area contributed by atoms with Gasteiger partial charge in [0.05, 0.1) is 27.9 Å². The SMILES string of the molecule is CNC(Cn1nc(C(F)(F)F)c(Cl)c1C)C1CCN(c2cc(OC)c(I)cc2C)CC1. The van der Waals surface area contributed by atoms with Crippen LogP contribution in [0.3, 0.4) is 0 Å². The number of likely N-dealkylation sites (N-methyl/N-ethyl adjacent to an activating group) is 1. The number of hydrogen-bond donors (Lipinski definition) is 1. The minimum Gasteiger partial charge on any atom is -0.496 e. The summed E-state index contributed by atoms with van der Waals surface area (Å²) in [5, 5.41) is 6.72. The molecule has 3 rings (SSSR count). The van der Waals surface area contributed by atoms with Crippen molar-refractivity contribution in [3.05, 3.63) is 37.7 Å². The van der Waals surface area contributed by atoms with Crippen LogP contribution in [0.25, 0.3) is 0 Å². The van der Waals surface area contributed by atoms with Gasteiger partial charge >= 0.3 is 6.18 Å². The Kier molecular flexibility index (Phi) is 7.68. The van der Waals surface area contributed by atoms with E-state index in [2.05, 4.69) is 57.0 Å². The zero-order chi connectivity index (χ0) is 22.9. The fourth-order valence-electron chi connectivity index (χ4n) is 4.23. The largest absolute Gasteiger partial charge is 0.496 e. The van der Waals surface area contributed by atoms with Crippen LogP contribution in [-0.4, -0.2) is 43.1 Å². The molecule has 5 nitrogen and oxygen atoms in total. The molecule has 0 spiro atoms. The second kappa shape index (κ2) is 9.74. The summed E-state index contributed by atoms with van der Waals surface area (Å²) in [5.74, 6) is 1.19. The number of aryl methyl sites for hydroxylation is 1. The molecule has 2 aromatic rings. The van der Waals surface area contributed by atoms with Crippen molar-refractivity contribution in [3.63, 3.8) is 0 Å². The van der Waals surface area contributed by atoms with Crippen LogP contribution in [0.4, 0.5) is 18.9 Å². The lowest BCUT2D eigenvalue weighted by Crippen LogP contribution is -2.44. The maximum atomic E-state index is 13.1. The Hall–Kier alpha value is -1.20. The molecule has 1 aromatic carbocycles. The molecule has 0 aliphatic carbocycles. The van der Waals surface area contributed by atoms with Crippen molar-refractivity contribution in [1.82, 2.24) is 15.1 Å².